The van der Waals surface area contributed by atoms with Crippen molar-refractivity contribution in [2.75, 3.05) is 13.1 Å². The van der Waals surface area contributed by atoms with Gasteiger partial charge in [0.25, 0.3) is 0 Å². The fraction of sp³-hybridized carbons (Fsp3) is 0.800. The highest BCUT2D eigenvalue weighted by atomic mass is 16.4. The van der Waals surface area contributed by atoms with Crippen LogP contribution in [0.4, 0.5) is 0 Å². The normalized spacial score (nSPS) is 11.0. The van der Waals surface area contributed by atoms with E-state index < -0.39 is 11.9 Å². The molecule has 0 aliphatic heterocycles. The first-order valence-corrected chi connectivity index (χ1v) is 19.6. The monoisotopic (exact) mass is 679 g/mol. The van der Waals surface area contributed by atoms with Gasteiger partial charge in [-0.15, -0.1) is 0 Å². The number of carbonyl (C=O) groups excluding carboxylic acids is 2. The molecule has 0 aromatic heterocycles. The zero-order chi connectivity index (χ0) is 35.8. The second kappa shape index (κ2) is 40.5. The second-order valence-corrected chi connectivity index (χ2v) is 13.0. The third-order valence-electron chi connectivity index (χ3n) is 8.20. The predicted molar refractivity (Wildman–Crippen MR) is 200 cm³/mol. The van der Waals surface area contributed by atoms with E-state index in [1.165, 1.54) is 116 Å². The Balaban J connectivity index is 0. The molecule has 8 heteroatoms. The number of carboxylic acid groups (broad SMARTS) is 2. The minimum atomic E-state index is -0.993. The molecule has 0 saturated heterocycles. The third kappa shape index (κ3) is 45.5. The number of carboxylic acids is 2. The van der Waals surface area contributed by atoms with Gasteiger partial charge in [-0.3, -0.25) is 19.2 Å². The molecule has 0 aromatic rings. The number of allylic oxidation sites excluding steroid dienone is 4. The number of unbranched alkanes of at least 4 members (excludes halogenated alkanes) is 22. The average Bonchev–Trinajstić information content (AvgIpc) is 3.06. The van der Waals surface area contributed by atoms with E-state index in [1.807, 2.05) is 0 Å². The van der Waals surface area contributed by atoms with Crippen LogP contribution in [0.1, 0.15) is 194 Å². The van der Waals surface area contributed by atoms with Gasteiger partial charge in [-0.2, -0.15) is 0 Å². The Morgan fingerprint density at radius 2 is 0.646 bits per heavy atom. The number of nitrogens with one attached hydrogen (secondary N) is 2. The molecule has 0 rings (SSSR count). The van der Waals surface area contributed by atoms with Crippen LogP contribution in [0.5, 0.6) is 0 Å². The fourth-order valence-electron chi connectivity index (χ4n) is 5.24. The molecule has 0 bridgehead atoms. The van der Waals surface area contributed by atoms with Gasteiger partial charge in [0.05, 0.1) is 0 Å². The molecular weight excluding hydrogens is 604 g/mol. The summed E-state index contributed by atoms with van der Waals surface area (Å²) < 4.78 is 0. The van der Waals surface area contributed by atoms with Crippen LogP contribution in [0.15, 0.2) is 24.3 Å². The summed E-state index contributed by atoms with van der Waals surface area (Å²) in [6.45, 7) is 3.96. The summed E-state index contributed by atoms with van der Waals surface area (Å²) in [7, 11) is 0. The Labute approximate surface area is 294 Å². The van der Waals surface area contributed by atoms with E-state index in [2.05, 4.69) is 48.8 Å². The molecule has 0 fully saturated rings. The zero-order valence-electron chi connectivity index (χ0n) is 31.1. The average molecular weight is 679 g/mol. The van der Waals surface area contributed by atoms with E-state index in [0.717, 1.165) is 51.4 Å². The lowest BCUT2D eigenvalue weighted by atomic mass is 10.1. The molecular formula is C40H74N2O6. The summed E-state index contributed by atoms with van der Waals surface area (Å²) in [6.07, 6.45) is 42.2. The Bertz CT molecular complexity index is 746. The van der Waals surface area contributed by atoms with Crippen molar-refractivity contribution in [3.8, 4) is 0 Å². The molecule has 0 spiro atoms. The van der Waals surface area contributed by atoms with Crippen LogP contribution in [-0.2, 0) is 19.2 Å². The number of hydrogen-bond acceptors (Lipinski definition) is 4. The molecule has 0 saturated carbocycles. The minimum Gasteiger partial charge on any atom is -0.480 e. The quantitative estimate of drug-likeness (QED) is 0.0395. The van der Waals surface area contributed by atoms with Gasteiger partial charge in [0.1, 0.15) is 13.1 Å². The molecule has 0 heterocycles. The van der Waals surface area contributed by atoms with Gasteiger partial charge in [0.15, 0.2) is 0 Å². The van der Waals surface area contributed by atoms with Gasteiger partial charge < -0.3 is 20.8 Å². The van der Waals surface area contributed by atoms with E-state index in [9.17, 15) is 19.2 Å². The summed E-state index contributed by atoms with van der Waals surface area (Å²) >= 11 is 0. The van der Waals surface area contributed by atoms with Crippen molar-refractivity contribution in [3.63, 3.8) is 0 Å². The second-order valence-electron chi connectivity index (χ2n) is 13.0. The summed E-state index contributed by atoms with van der Waals surface area (Å²) in [5, 5.41) is 21.7. The van der Waals surface area contributed by atoms with Crippen molar-refractivity contribution < 1.29 is 29.4 Å². The molecule has 0 radical (unpaired) electrons. The van der Waals surface area contributed by atoms with E-state index >= 15 is 0 Å². The van der Waals surface area contributed by atoms with Crippen LogP contribution < -0.4 is 10.6 Å². The predicted octanol–water partition coefficient (Wildman–Crippen LogP) is 10.4. The maximum Gasteiger partial charge on any atom is 0.322 e. The van der Waals surface area contributed by atoms with Gasteiger partial charge >= 0.3 is 11.9 Å². The van der Waals surface area contributed by atoms with Gasteiger partial charge in [-0.1, -0.05) is 141 Å². The standard InChI is InChI=1S/2C20H37NO3/c2*1-2-3-4-5-6-7-8-9-10-11-12-13-14-15-16-17-19(22)21-18-20(23)24/h2*9-10H,2-8,11-18H2,1H3,(H,21,22)(H,23,24)/b2*10-9-. The SMILES string of the molecule is CCCCCCCC/C=C\CCCCCCCC(=O)NCC(=O)O.CCCCCCCC/C=C\CCCCCCCC(=O)NCC(=O)O. The van der Waals surface area contributed by atoms with Crippen LogP contribution in [0.3, 0.4) is 0 Å². The Hall–Kier alpha value is -2.64. The molecule has 0 atom stereocenters. The van der Waals surface area contributed by atoms with E-state index in [-0.39, 0.29) is 24.9 Å². The number of rotatable bonds is 34. The zero-order valence-corrected chi connectivity index (χ0v) is 31.1. The fourth-order valence-corrected chi connectivity index (χ4v) is 5.24. The van der Waals surface area contributed by atoms with Gasteiger partial charge in [0.2, 0.25) is 11.8 Å². The van der Waals surface area contributed by atoms with Crippen LogP contribution in [0.25, 0.3) is 0 Å². The highest BCUT2D eigenvalue weighted by Gasteiger charge is 2.04. The highest BCUT2D eigenvalue weighted by Crippen LogP contribution is 2.11. The smallest absolute Gasteiger partial charge is 0.322 e. The topological polar surface area (TPSA) is 133 Å². The van der Waals surface area contributed by atoms with E-state index in [0.29, 0.717) is 12.8 Å². The molecule has 0 unspecified atom stereocenters. The molecule has 4 N–H and O–H groups in total. The first-order chi connectivity index (χ1) is 23.3. The summed E-state index contributed by atoms with van der Waals surface area (Å²) in [4.78, 5) is 43.2. The van der Waals surface area contributed by atoms with E-state index in [1.54, 1.807) is 0 Å². The van der Waals surface area contributed by atoms with Crippen molar-refractivity contribution >= 4 is 23.8 Å². The first-order valence-electron chi connectivity index (χ1n) is 19.6. The maximum absolute atomic E-state index is 11.3. The minimum absolute atomic E-state index is 0.157. The van der Waals surface area contributed by atoms with Crippen LogP contribution in [0.2, 0.25) is 0 Å². The number of hydrogen-bond donors (Lipinski definition) is 4. The lowest BCUT2D eigenvalue weighted by Crippen LogP contribution is -2.28. The number of aliphatic carboxylic acids is 2. The Kier molecular flexibility index (Phi) is 40.1. The van der Waals surface area contributed by atoms with Crippen molar-refractivity contribution in [3.05, 3.63) is 24.3 Å². The van der Waals surface area contributed by atoms with Crippen molar-refractivity contribution in [1.82, 2.24) is 10.6 Å². The number of amides is 2. The lowest BCUT2D eigenvalue weighted by molar-refractivity contribution is -0.138. The molecule has 0 aromatic carbocycles. The van der Waals surface area contributed by atoms with E-state index in [4.69, 9.17) is 10.2 Å². The summed E-state index contributed by atoms with van der Waals surface area (Å²) in [5.41, 5.74) is 0. The van der Waals surface area contributed by atoms with Crippen molar-refractivity contribution in [1.29, 1.82) is 0 Å². The number of carbonyl (C=O) groups is 4. The molecule has 2 amide bonds. The van der Waals surface area contributed by atoms with Crippen molar-refractivity contribution in [2.45, 2.75) is 194 Å². The highest BCUT2D eigenvalue weighted by molar-refractivity contribution is 5.81. The molecule has 280 valence electrons. The largest absolute Gasteiger partial charge is 0.480 e. The van der Waals surface area contributed by atoms with Gasteiger partial charge in [-0.05, 0) is 64.2 Å². The summed E-state index contributed by atoms with van der Waals surface area (Å²) in [5.74, 6) is -2.30. The molecule has 8 nitrogen and oxygen atoms in total. The Morgan fingerprint density at radius 3 is 0.917 bits per heavy atom. The Morgan fingerprint density at radius 1 is 0.396 bits per heavy atom. The van der Waals surface area contributed by atoms with Crippen LogP contribution >= 0.6 is 0 Å². The van der Waals surface area contributed by atoms with Crippen LogP contribution in [0, 0.1) is 0 Å². The molecule has 0 aliphatic rings. The lowest BCUT2D eigenvalue weighted by Gasteiger charge is -2.02. The maximum atomic E-state index is 11.3. The van der Waals surface area contributed by atoms with Gasteiger partial charge in [-0.25, -0.2) is 0 Å². The first kappa shape index (κ1) is 47.5. The van der Waals surface area contributed by atoms with Crippen LogP contribution in [-0.4, -0.2) is 47.1 Å². The van der Waals surface area contributed by atoms with Gasteiger partial charge in [0, 0.05) is 12.8 Å². The summed E-state index contributed by atoms with van der Waals surface area (Å²) in [6, 6.07) is 0. The molecule has 48 heavy (non-hydrogen) atoms. The molecule has 0 aliphatic carbocycles. The third-order valence-corrected chi connectivity index (χ3v) is 8.20. The van der Waals surface area contributed by atoms with Crippen molar-refractivity contribution in [2.24, 2.45) is 0 Å².